The minimum absolute atomic E-state index is 0.0310. The Bertz CT molecular complexity index is 426. The van der Waals surface area contributed by atoms with E-state index in [1.165, 1.54) is 7.11 Å². The van der Waals surface area contributed by atoms with Crippen molar-refractivity contribution >= 4 is 12.3 Å². The summed E-state index contributed by atoms with van der Waals surface area (Å²) in [6, 6.07) is 2.14. The average Bonchev–Trinajstić information content (AvgIpc) is 2.27. The Hall–Kier alpha value is -2.08. The lowest BCUT2D eigenvalue weighted by Crippen LogP contribution is -2.12. The molecule has 0 fully saturated rings. The second-order valence-electron chi connectivity index (χ2n) is 3.01. The van der Waals surface area contributed by atoms with Crippen LogP contribution in [-0.2, 0) is 4.79 Å². The Balaban J connectivity index is 3.33. The van der Waals surface area contributed by atoms with Gasteiger partial charge in [0.15, 0.2) is 23.9 Å². The number of rotatable bonds is 4. The van der Waals surface area contributed by atoms with Gasteiger partial charge in [0.1, 0.15) is 0 Å². The molecule has 86 valence electrons. The zero-order valence-electron chi connectivity index (χ0n) is 8.38. The lowest BCUT2D eigenvalue weighted by atomic mass is 10.0. The van der Waals surface area contributed by atoms with Gasteiger partial charge in [-0.2, -0.15) is 0 Å². The molecule has 0 aliphatic heterocycles. The van der Waals surface area contributed by atoms with Gasteiger partial charge >= 0.3 is 5.97 Å². The van der Waals surface area contributed by atoms with E-state index in [1.807, 2.05) is 0 Å². The number of carboxylic acids is 1. The quantitative estimate of drug-likeness (QED) is 0.639. The third-order valence-electron chi connectivity index (χ3n) is 2.04. The van der Waals surface area contributed by atoms with E-state index in [1.54, 1.807) is 0 Å². The largest absolute Gasteiger partial charge is 0.504 e. The predicted molar refractivity (Wildman–Crippen MR) is 52.6 cm³/mol. The summed E-state index contributed by atoms with van der Waals surface area (Å²) in [5.74, 6) is -1.82. The molecule has 1 aromatic carbocycles. The topological polar surface area (TPSA) is 104 Å². The van der Waals surface area contributed by atoms with E-state index in [0.29, 0.717) is 6.29 Å². The smallest absolute Gasteiger partial charge is 0.337 e. The standard InChI is InChI=1S/C10H10O6/c1-16-8-2-5(4-11)6(3-7(8)12)9(13)10(14)15/h2-4,9,12-13H,1H3,(H,14,15). The van der Waals surface area contributed by atoms with Gasteiger partial charge in [-0.1, -0.05) is 0 Å². The van der Waals surface area contributed by atoms with Crippen LogP contribution >= 0.6 is 0 Å². The number of carbonyl (C=O) groups excluding carboxylic acids is 1. The van der Waals surface area contributed by atoms with Crippen LogP contribution in [0.5, 0.6) is 11.5 Å². The van der Waals surface area contributed by atoms with Crippen molar-refractivity contribution in [2.24, 2.45) is 0 Å². The Labute approximate surface area is 90.7 Å². The normalized spacial score (nSPS) is 11.9. The number of carbonyl (C=O) groups is 2. The lowest BCUT2D eigenvalue weighted by molar-refractivity contribution is -0.146. The summed E-state index contributed by atoms with van der Waals surface area (Å²) in [7, 11) is 1.29. The Morgan fingerprint density at radius 1 is 1.50 bits per heavy atom. The molecule has 0 aromatic heterocycles. The Morgan fingerprint density at radius 2 is 2.12 bits per heavy atom. The fraction of sp³-hybridized carbons (Fsp3) is 0.200. The molecule has 1 rings (SSSR count). The van der Waals surface area contributed by atoms with Crippen molar-refractivity contribution in [3.05, 3.63) is 23.3 Å². The van der Waals surface area contributed by atoms with E-state index in [0.717, 1.165) is 12.1 Å². The van der Waals surface area contributed by atoms with E-state index >= 15 is 0 Å². The first-order chi connectivity index (χ1) is 7.51. The summed E-state index contributed by atoms with van der Waals surface area (Å²) in [6.07, 6.45) is -1.49. The first kappa shape index (κ1) is 12.0. The zero-order valence-corrected chi connectivity index (χ0v) is 8.38. The molecule has 0 heterocycles. The predicted octanol–water partition coefficient (Wildman–Crippen LogP) is 0.331. The van der Waals surface area contributed by atoms with Crippen LogP contribution in [0.4, 0.5) is 0 Å². The molecule has 6 heteroatoms. The van der Waals surface area contributed by atoms with Gasteiger partial charge in [-0.3, -0.25) is 4.79 Å². The maximum atomic E-state index is 10.7. The summed E-state index contributed by atoms with van der Waals surface area (Å²) in [5.41, 5.74) is -0.231. The number of methoxy groups -OCH3 is 1. The molecule has 0 radical (unpaired) electrons. The second kappa shape index (κ2) is 4.63. The lowest BCUT2D eigenvalue weighted by Gasteiger charge is -2.11. The Kier molecular flexibility index (Phi) is 3.47. The van der Waals surface area contributed by atoms with Gasteiger partial charge in [-0.05, 0) is 12.1 Å². The number of hydrogen-bond acceptors (Lipinski definition) is 5. The van der Waals surface area contributed by atoms with Gasteiger partial charge in [0.2, 0.25) is 0 Å². The van der Waals surface area contributed by atoms with Crippen LogP contribution in [0.25, 0.3) is 0 Å². The van der Waals surface area contributed by atoms with Crippen molar-refractivity contribution in [3.63, 3.8) is 0 Å². The van der Waals surface area contributed by atoms with E-state index in [4.69, 9.17) is 9.84 Å². The van der Waals surface area contributed by atoms with Gasteiger partial charge in [0.05, 0.1) is 7.11 Å². The maximum absolute atomic E-state index is 10.7. The number of aldehydes is 1. The highest BCUT2D eigenvalue weighted by Gasteiger charge is 2.21. The number of aromatic hydroxyl groups is 1. The third-order valence-corrected chi connectivity index (χ3v) is 2.04. The molecule has 0 aliphatic rings. The number of ether oxygens (including phenoxy) is 1. The van der Waals surface area contributed by atoms with E-state index < -0.39 is 12.1 Å². The molecule has 1 unspecified atom stereocenters. The summed E-state index contributed by atoms with van der Waals surface area (Å²) in [4.78, 5) is 21.2. The van der Waals surface area contributed by atoms with Crippen molar-refractivity contribution in [1.82, 2.24) is 0 Å². The number of hydrogen-bond donors (Lipinski definition) is 3. The van der Waals surface area contributed by atoms with E-state index in [2.05, 4.69) is 0 Å². The van der Waals surface area contributed by atoms with Crippen molar-refractivity contribution in [3.8, 4) is 11.5 Å². The minimum atomic E-state index is -1.86. The van der Waals surface area contributed by atoms with Crippen LogP contribution < -0.4 is 4.74 Å². The van der Waals surface area contributed by atoms with Gasteiger partial charge in [0.25, 0.3) is 0 Å². The summed E-state index contributed by atoms with van der Waals surface area (Å²) < 4.78 is 4.74. The molecule has 0 spiro atoms. The van der Waals surface area contributed by atoms with E-state index in [9.17, 15) is 19.8 Å². The third kappa shape index (κ3) is 2.12. The molecule has 1 atom stereocenters. The second-order valence-corrected chi connectivity index (χ2v) is 3.01. The van der Waals surface area contributed by atoms with Gasteiger partial charge in [-0.25, -0.2) is 4.79 Å². The van der Waals surface area contributed by atoms with Gasteiger partial charge in [0, 0.05) is 11.1 Å². The summed E-state index contributed by atoms with van der Waals surface area (Å²) >= 11 is 0. The SMILES string of the molecule is COc1cc(C=O)c(C(O)C(=O)O)cc1O. The highest BCUT2D eigenvalue weighted by Crippen LogP contribution is 2.31. The van der Waals surface area contributed by atoms with Crippen molar-refractivity contribution in [2.75, 3.05) is 7.11 Å². The first-order valence-corrected chi connectivity index (χ1v) is 4.28. The molecule has 16 heavy (non-hydrogen) atoms. The van der Waals surface area contributed by atoms with Crippen LogP contribution in [0.1, 0.15) is 22.0 Å². The molecule has 1 aromatic rings. The summed E-state index contributed by atoms with van der Waals surface area (Å²) in [6.45, 7) is 0. The Morgan fingerprint density at radius 3 is 2.56 bits per heavy atom. The molecule has 0 amide bonds. The highest BCUT2D eigenvalue weighted by atomic mass is 16.5. The zero-order chi connectivity index (χ0) is 12.3. The molecule has 0 aliphatic carbocycles. The number of aliphatic hydroxyl groups is 1. The number of aliphatic carboxylic acids is 1. The molecule has 0 bridgehead atoms. The van der Waals surface area contributed by atoms with Crippen LogP contribution in [0, 0.1) is 0 Å². The van der Waals surface area contributed by atoms with Crippen LogP contribution in [0.2, 0.25) is 0 Å². The van der Waals surface area contributed by atoms with Crippen molar-refractivity contribution < 1.29 is 29.6 Å². The highest BCUT2D eigenvalue weighted by molar-refractivity contribution is 5.84. The van der Waals surface area contributed by atoms with Crippen LogP contribution in [-0.4, -0.2) is 34.7 Å². The molecule has 3 N–H and O–H groups in total. The van der Waals surface area contributed by atoms with Gasteiger partial charge < -0.3 is 20.1 Å². The molecule has 0 saturated carbocycles. The maximum Gasteiger partial charge on any atom is 0.337 e. The average molecular weight is 226 g/mol. The molecular formula is C10H10O6. The number of carboxylic acid groups (broad SMARTS) is 1. The first-order valence-electron chi connectivity index (χ1n) is 4.28. The van der Waals surface area contributed by atoms with Crippen LogP contribution in [0.3, 0.4) is 0 Å². The fourth-order valence-electron chi connectivity index (χ4n) is 1.24. The number of aliphatic hydroxyl groups excluding tert-OH is 1. The molecule has 6 nitrogen and oxygen atoms in total. The molecule has 0 saturated heterocycles. The number of benzene rings is 1. The summed E-state index contributed by atoms with van der Waals surface area (Å²) in [5, 5.41) is 27.3. The molecular weight excluding hydrogens is 216 g/mol. The van der Waals surface area contributed by atoms with E-state index in [-0.39, 0.29) is 22.6 Å². The van der Waals surface area contributed by atoms with Crippen molar-refractivity contribution in [1.29, 1.82) is 0 Å². The van der Waals surface area contributed by atoms with Crippen LogP contribution in [0.15, 0.2) is 12.1 Å². The van der Waals surface area contributed by atoms with Crippen molar-refractivity contribution in [2.45, 2.75) is 6.10 Å². The monoisotopic (exact) mass is 226 g/mol. The number of phenolic OH excluding ortho intramolecular Hbond substituents is 1. The fourth-order valence-corrected chi connectivity index (χ4v) is 1.24. The van der Waals surface area contributed by atoms with Gasteiger partial charge in [-0.15, -0.1) is 0 Å². The minimum Gasteiger partial charge on any atom is -0.504 e. The number of phenols is 1.